The Morgan fingerprint density at radius 3 is 2.52 bits per heavy atom. The molecule has 3 aromatic rings. The van der Waals surface area contributed by atoms with Crippen LogP contribution in [0.5, 0.6) is 0 Å². The fraction of sp³-hybridized carbons (Fsp3) is 0.286. The maximum atomic E-state index is 12.9. The van der Waals surface area contributed by atoms with E-state index in [1.165, 1.54) is 24.3 Å². The smallest absolute Gasteiger partial charge is 0.238 e. The number of halogens is 1. The van der Waals surface area contributed by atoms with Crippen LogP contribution in [0, 0.1) is 5.82 Å². The number of amides is 2. The highest BCUT2D eigenvalue weighted by Gasteiger charge is 2.24. The number of para-hydroxylation sites is 1. The Kier molecular flexibility index (Phi) is 5.53. The Hall–Kier alpha value is -3.26. The topological polar surface area (TPSA) is 78.7 Å². The summed E-state index contributed by atoms with van der Waals surface area (Å²) in [7, 11) is 0. The fourth-order valence-electron chi connectivity index (χ4n) is 3.41. The van der Waals surface area contributed by atoms with Gasteiger partial charge in [-0.3, -0.25) is 14.5 Å². The number of carbonyl (C=O) groups excluding carboxylic acids is 2. The summed E-state index contributed by atoms with van der Waals surface area (Å²) in [5, 5.41) is 7.63. The van der Waals surface area contributed by atoms with Crippen LogP contribution in [-0.2, 0) is 16.0 Å². The summed E-state index contributed by atoms with van der Waals surface area (Å²) in [6.07, 6.45) is 0.196. The molecule has 0 spiro atoms. The lowest BCUT2D eigenvalue weighted by Crippen LogP contribution is -2.50. The number of fused-ring (bicyclic) bond motifs is 1. The van der Waals surface area contributed by atoms with Crippen molar-refractivity contribution in [2.45, 2.75) is 6.42 Å². The van der Waals surface area contributed by atoms with Gasteiger partial charge in [-0.2, -0.15) is 0 Å². The Morgan fingerprint density at radius 2 is 1.76 bits per heavy atom. The lowest BCUT2D eigenvalue weighted by atomic mass is 10.1. The zero-order chi connectivity index (χ0) is 20.2. The van der Waals surface area contributed by atoms with Gasteiger partial charge in [0, 0.05) is 37.3 Å². The summed E-state index contributed by atoms with van der Waals surface area (Å²) in [5.41, 5.74) is 1.88. The second kappa shape index (κ2) is 8.40. The molecule has 150 valence electrons. The molecule has 0 radical (unpaired) electrons. The van der Waals surface area contributed by atoms with E-state index in [-0.39, 0.29) is 30.6 Å². The number of nitrogens with zero attached hydrogens (tertiary/aromatic N) is 3. The molecule has 0 unspecified atom stereocenters. The van der Waals surface area contributed by atoms with Crippen molar-refractivity contribution in [3.63, 3.8) is 0 Å². The van der Waals surface area contributed by atoms with Crippen LogP contribution in [-0.4, -0.2) is 59.5 Å². The first-order valence-electron chi connectivity index (χ1n) is 9.47. The van der Waals surface area contributed by atoms with E-state index in [1.54, 1.807) is 4.90 Å². The van der Waals surface area contributed by atoms with Crippen LogP contribution in [0.4, 0.5) is 10.1 Å². The average Bonchev–Trinajstić information content (AvgIpc) is 3.13. The fourth-order valence-corrected chi connectivity index (χ4v) is 3.41. The minimum absolute atomic E-state index is 0.000494. The van der Waals surface area contributed by atoms with Gasteiger partial charge in [0.25, 0.3) is 0 Å². The predicted octanol–water partition coefficient (Wildman–Crippen LogP) is 2.29. The van der Waals surface area contributed by atoms with Crippen molar-refractivity contribution in [2.75, 3.05) is 38.0 Å². The van der Waals surface area contributed by atoms with Gasteiger partial charge >= 0.3 is 0 Å². The molecule has 1 aliphatic rings. The van der Waals surface area contributed by atoms with Crippen LogP contribution >= 0.6 is 0 Å². The summed E-state index contributed by atoms with van der Waals surface area (Å²) in [5.74, 6) is -0.507. The summed E-state index contributed by atoms with van der Waals surface area (Å²) in [6.45, 7) is 2.56. The molecule has 1 N–H and O–H groups in total. The molecule has 0 aliphatic carbocycles. The number of hydrogen-bond donors (Lipinski definition) is 1. The van der Waals surface area contributed by atoms with Gasteiger partial charge < -0.3 is 14.7 Å². The Morgan fingerprint density at radius 1 is 1.03 bits per heavy atom. The molecule has 7 nitrogen and oxygen atoms in total. The molecule has 0 atom stereocenters. The SMILES string of the molecule is O=C(CN1CCN(C(=O)Cc2noc3ccccc23)CC1)Nc1ccc(F)cc1. The van der Waals surface area contributed by atoms with Crippen LogP contribution in [0.15, 0.2) is 53.1 Å². The number of benzene rings is 2. The van der Waals surface area contributed by atoms with E-state index in [9.17, 15) is 14.0 Å². The van der Waals surface area contributed by atoms with Gasteiger partial charge in [0.2, 0.25) is 11.8 Å². The van der Waals surface area contributed by atoms with Crippen LogP contribution < -0.4 is 5.32 Å². The van der Waals surface area contributed by atoms with Crippen molar-refractivity contribution in [3.8, 4) is 0 Å². The Balaban J connectivity index is 1.26. The van der Waals surface area contributed by atoms with E-state index in [4.69, 9.17) is 4.52 Å². The number of hydrogen-bond acceptors (Lipinski definition) is 5. The summed E-state index contributed by atoms with van der Waals surface area (Å²) >= 11 is 0. The van der Waals surface area contributed by atoms with Gasteiger partial charge in [-0.05, 0) is 36.4 Å². The maximum Gasteiger partial charge on any atom is 0.238 e. The number of aromatic nitrogens is 1. The van der Waals surface area contributed by atoms with Crippen LogP contribution in [0.3, 0.4) is 0 Å². The monoisotopic (exact) mass is 396 g/mol. The van der Waals surface area contributed by atoms with Gasteiger partial charge in [-0.15, -0.1) is 0 Å². The Bertz CT molecular complexity index is 1010. The average molecular weight is 396 g/mol. The minimum Gasteiger partial charge on any atom is -0.356 e. The van der Waals surface area contributed by atoms with Crippen molar-refractivity contribution < 1.29 is 18.5 Å². The molecule has 0 saturated carbocycles. The number of piperazine rings is 1. The van der Waals surface area contributed by atoms with E-state index in [0.717, 1.165) is 5.39 Å². The summed E-state index contributed by atoms with van der Waals surface area (Å²) < 4.78 is 18.2. The maximum absolute atomic E-state index is 12.9. The number of carbonyl (C=O) groups is 2. The van der Waals surface area contributed by atoms with Gasteiger partial charge in [0.15, 0.2) is 5.58 Å². The molecule has 2 heterocycles. The van der Waals surface area contributed by atoms with E-state index in [1.807, 2.05) is 29.2 Å². The zero-order valence-corrected chi connectivity index (χ0v) is 15.8. The first-order chi connectivity index (χ1) is 14.1. The van der Waals surface area contributed by atoms with E-state index in [2.05, 4.69) is 10.5 Å². The predicted molar refractivity (Wildman–Crippen MR) is 106 cm³/mol. The van der Waals surface area contributed by atoms with Crippen molar-refractivity contribution in [2.24, 2.45) is 0 Å². The van der Waals surface area contributed by atoms with Crippen LogP contribution in [0.2, 0.25) is 0 Å². The zero-order valence-electron chi connectivity index (χ0n) is 15.8. The molecule has 4 rings (SSSR count). The van der Waals surface area contributed by atoms with E-state index in [0.29, 0.717) is 43.1 Å². The third-order valence-corrected chi connectivity index (χ3v) is 4.99. The number of rotatable bonds is 5. The second-order valence-electron chi connectivity index (χ2n) is 7.01. The Labute approximate surface area is 167 Å². The molecule has 1 aromatic heterocycles. The van der Waals surface area contributed by atoms with Gasteiger partial charge in [0.1, 0.15) is 11.5 Å². The molecule has 8 heteroatoms. The molecular formula is C21H21FN4O3. The third kappa shape index (κ3) is 4.60. The molecule has 29 heavy (non-hydrogen) atoms. The van der Waals surface area contributed by atoms with Crippen molar-refractivity contribution in [1.29, 1.82) is 0 Å². The molecule has 1 fully saturated rings. The van der Waals surface area contributed by atoms with Crippen LogP contribution in [0.25, 0.3) is 11.0 Å². The lowest BCUT2D eigenvalue weighted by Gasteiger charge is -2.34. The number of anilines is 1. The highest BCUT2D eigenvalue weighted by Crippen LogP contribution is 2.19. The standard InChI is InChI=1S/C21H21FN4O3/c22-15-5-7-16(8-6-15)23-20(27)14-25-9-11-26(12-10-25)21(28)13-18-17-3-1-2-4-19(17)29-24-18/h1-8H,9-14H2,(H,23,27). The summed E-state index contributed by atoms with van der Waals surface area (Å²) in [6, 6.07) is 13.1. The molecule has 2 aromatic carbocycles. The first-order valence-corrected chi connectivity index (χ1v) is 9.47. The quantitative estimate of drug-likeness (QED) is 0.716. The summed E-state index contributed by atoms with van der Waals surface area (Å²) in [4.78, 5) is 28.6. The molecule has 1 aliphatic heterocycles. The molecule has 2 amide bonds. The van der Waals surface area contributed by atoms with Gasteiger partial charge in [0.05, 0.1) is 13.0 Å². The van der Waals surface area contributed by atoms with Gasteiger partial charge in [-0.1, -0.05) is 17.3 Å². The van der Waals surface area contributed by atoms with Crippen LogP contribution in [0.1, 0.15) is 5.69 Å². The van der Waals surface area contributed by atoms with Gasteiger partial charge in [-0.25, -0.2) is 4.39 Å². The molecule has 1 saturated heterocycles. The third-order valence-electron chi connectivity index (χ3n) is 4.99. The molecular weight excluding hydrogens is 375 g/mol. The van der Waals surface area contributed by atoms with Crippen molar-refractivity contribution in [1.82, 2.24) is 15.0 Å². The highest BCUT2D eigenvalue weighted by atomic mass is 19.1. The van der Waals surface area contributed by atoms with E-state index < -0.39 is 0 Å². The minimum atomic E-state index is -0.345. The first kappa shape index (κ1) is 19.1. The van der Waals surface area contributed by atoms with Crippen molar-refractivity contribution in [3.05, 3.63) is 60.0 Å². The molecule has 0 bridgehead atoms. The number of nitrogens with one attached hydrogen (secondary N) is 1. The highest BCUT2D eigenvalue weighted by molar-refractivity contribution is 5.92. The largest absolute Gasteiger partial charge is 0.356 e. The second-order valence-corrected chi connectivity index (χ2v) is 7.01. The van der Waals surface area contributed by atoms with E-state index >= 15 is 0 Å². The normalized spacial score (nSPS) is 14.9. The van der Waals surface area contributed by atoms with Crippen molar-refractivity contribution >= 4 is 28.5 Å². The lowest BCUT2D eigenvalue weighted by molar-refractivity contribution is -0.132.